The SMILES string of the molecule is Cc1nc(CS(=O)(=O)[O-])c(CO)c(CO)c1O.[Li+]. The van der Waals surface area contributed by atoms with Crippen LogP contribution in [0.15, 0.2) is 0 Å². The number of aryl methyl sites for hydroxylation is 1. The Bertz CT molecular complexity index is 530. The summed E-state index contributed by atoms with van der Waals surface area (Å²) < 4.78 is 32.0. The first kappa shape index (κ1) is 17.4. The monoisotopic (exact) mass is 269 g/mol. The zero-order valence-corrected chi connectivity index (χ0v) is 10.9. The van der Waals surface area contributed by atoms with E-state index in [1.807, 2.05) is 0 Å². The Morgan fingerprint density at radius 3 is 2.11 bits per heavy atom. The van der Waals surface area contributed by atoms with Gasteiger partial charge in [-0.25, -0.2) is 8.42 Å². The fraction of sp³-hybridized carbons (Fsp3) is 0.444. The predicted octanol–water partition coefficient (Wildman–Crippen LogP) is -3.87. The summed E-state index contributed by atoms with van der Waals surface area (Å²) >= 11 is 0. The molecule has 0 bridgehead atoms. The molecule has 0 unspecified atom stereocenters. The maximum absolute atomic E-state index is 10.7. The largest absolute Gasteiger partial charge is 1.00 e. The minimum atomic E-state index is -4.55. The Kier molecular flexibility index (Phi) is 6.29. The molecule has 1 aromatic heterocycles. The first-order valence-corrected chi connectivity index (χ1v) is 6.23. The van der Waals surface area contributed by atoms with Gasteiger partial charge in [-0.05, 0) is 6.92 Å². The standard InChI is InChI=1S/C9H13NO6S.Li/c1-5-9(13)7(3-12)6(2-11)8(10-5)4-17(14,15)16;/h11-13H,2-4H2,1H3,(H,14,15,16);/q;+1/p-1. The van der Waals surface area contributed by atoms with Crippen LogP contribution in [0, 0.1) is 6.92 Å². The number of hydrogen-bond donors (Lipinski definition) is 3. The molecule has 7 nitrogen and oxygen atoms in total. The molecule has 0 amide bonds. The number of aromatic nitrogens is 1. The molecule has 0 fully saturated rings. The van der Waals surface area contributed by atoms with Gasteiger partial charge in [0.15, 0.2) is 0 Å². The molecule has 0 aliphatic rings. The maximum atomic E-state index is 10.7. The number of pyridine rings is 1. The summed E-state index contributed by atoms with van der Waals surface area (Å²) in [6.45, 7) is 0.190. The molecule has 96 valence electrons. The Labute approximate surface area is 116 Å². The summed E-state index contributed by atoms with van der Waals surface area (Å²) in [5.74, 6) is -1.21. The van der Waals surface area contributed by atoms with Crippen molar-refractivity contribution < 1.29 is 47.2 Å². The molecule has 0 aliphatic heterocycles. The van der Waals surface area contributed by atoms with Gasteiger partial charge >= 0.3 is 18.9 Å². The average molecular weight is 269 g/mol. The molecule has 1 aromatic rings. The van der Waals surface area contributed by atoms with E-state index in [0.29, 0.717) is 0 Å². The van der Waals surface area contributed by atoms with Crippen molar-refractivity contribution in [1.29, 1.82) is 0 Å². The molecule has 0 radical (unpaired) electrons. The normalized spacial score (nSPS) is 11.1. The number of aliphatic hydroxyl groups is 2. The van der Waals surface area contributed by atoms with Crippen LogP contribution in [0.5, 0.6) is 5.75 Å². The van der Waals surface area contributed by atoms with Gasteiger partial charge in [0.1, 0.15) is 15.9 Å². The predicted molar refractivity (Wildman–Crippen MR) is 55.9 cm³/mol. The third-order valence-electron chi connectivity index (χ3n) is 2.27. The Balaban J connectivity index is 0.00000289. The second kappa shape index (κ2) is 6.52. The molecule has 0 saturated carbocycles. The van der Waals surface area contributed by atoms with Crippen molar-refractivity contribution in [2.45, 2.75) is 25.9 Å². The fourth-order valence-electron chi connectivity index (χ4n) is 1.50. The Morgan fingerprint density at radius 1 is 1.22 bits per heavy atom. The first-order chi connectivity index (χ1) is 7.80. The number of nitrogens with zero attached hydrogens (tertiary/aromatic N) is 1. The molecule has 9 heteroatoms. The van der Waals surface area contributed by atoms with Crippen molar-refractivity contribution in [3.05, 3.63) is 22.5 Å². The molecule has 0 saturated heterocycles. The van der Waals surface area contributed by atoms with Crippen LogP contribution in [0.1, 0.15) is 22.5 Å². The van der Waals surface area contributed by atoms with E-state index in [1.165, 1.54) is 6.92 Å². The topological polar surface area (TPSA) is 131 Å². The molecule has 0 aromatic carbocycles. The Hall–Kier alpha value is -0.623. The van der Waals surface area contributed by atoms with Crippen LogP contribution >= 0.6 is 0 Å². The fourth-order valence-corrected chi connectivity index (χ4v) is 2.08. The van der Waals surface area contributed by atoms with E-state index in [0.717, 1.165) is 0 Å². The summed E-state index contributed by atoms with van der Waals surface area (Å²) in [5.41, 5.74) is -0.111. The maximum Gasteiger partial charge on any atom is 1.00 e. The minimum Gasteiger partial charge on any atom is -0.748 e. The molecular weight excluding hydrogens is 257 g/mol. The number of rotatable bonds is 4. The van der Waals surface area contributed by atoms with Gasteiger partial charge in [0.05, 0.1) is 30.4 Å². The van der Waals surface area contributed by atoms with Gasteiger partial charge in [-0.1, -0.05) is 0 Å². The molecule has 0 aliphatic carbocycles. The van der Waals surface area contributed by atoms with E-state index in [4.69, 9.17) is 10.2 Å². The molecule has 18 heavy (non-hydrogen) atoms. The quantitative estimate of drug-likeness (QED) is 0.376. The van der Waals surface area contributed by atoms with Crippen LogP contribution in [0.2, 0.25) is 0 Å². The van der Waals surface area contributed by atoms with E-state index < -0.39 is 29.1 Å². The third kappa shape index (κ3) is 3.95. The summed E-state index contributed by atoms with van der Waals surface area (Å²) in [7, 11) is -4.55. The van der Waals surface area contributed by atoms with Crippen LogP contribution in [0.3, 0.4) is 0 Å². The summed E-state index contributed by atoms with van der Waals surface area (Å²) in [6.07, 6.45) is 0. The molecule has 1 rings (SSSR count). The van der Waals surface area contributed by atoms with Gasteiger partial charge in [-0.15, -0.1) is 0 Å². The zero-order valence-electron chi connectivity index (χ0n) is 10.0. The first-order valence-electron chi connectivity index (χ1n) is 4.65. The second-order valence-corrected chi connectivity index (χ2v) is 4.87. The number of aromatic hydroxyl groups is 1. The summed E-state index contributed by atoms with van der Waals surface area (Å²) in [4.78, 5) is 3.74. The molecular formula is C9H12LiNO6S. The zero-order chi connectivity index (χ0) is 13.2. The second-order valence-electron chi connectivity index (χ2n) is 3.47. The van der Waals surface area contributed by atoms with E-state index in [1.54, 1.807) is 0 Å². The van der Waals surface area contributed by atoms with Crippen molar-refractivity contribution >= 4 is 10.1 Å². The number of hydrogen-bond acceptors (Lipinski definition) is 7. The van der Waals surface area contributed by atoms with Gasteiger partial charge in [0.25, 0.3) is 0 Å². The van der Waals surface area contributed by atoms with E-state index in [9.17, 15) is 18.1 Å². The van der Waals surface area contributed by atoms with Gasteiger partial charge in [-0.2, -0.15) is 0 Å². The van der Waals surface area contributed by atoms with Crippen LogP contribution in [0.4, 0.5) is 0 Å². The van der Waals surface area contributed by atoms with E-state index >= 15 is 0 Å². The minimum absolute atomic E-state index is 0. The van der Waals surface area contributed by atoms with Crippen molar-refractivity contribution in [2.24, 2.45) is 0 Å². The van der Waals surface area contributed by atoms with Crippen LogP contribution < -0.4 is 18.9 Å². The molecule has 0 spiro atoms. The van der Waals surface area contributed by atoms with Gasteiger partial charge in [0, 0.05) is 11.1 Å². The van der Waals surface area contributed by atoms with Gasteiger partial charge in [0.2, 0.25) is 0 Å². The molecule has 3 N–H and O–H groups in total. The smallest absolute Gasteiger partial charge is 0.748 e. The van der Waals surface area contributed by atoms with Gasteiger partial charge in [-0.3, -0.25) is 4.98 Å². The number of aliphatic hydroxyl groups excluding tert-OH is 2. The van der Waals surface area contributed by atoms with Crippen LogP contribution in [0.25, 0.3) is 0 Å². The molecule has 0 atom stereocenters. The van der Waals surface area contributed by atoms with Crippen LogP contribution in [-0.2, 0) is 29.1 Å². The summed E-state index contributed by atoms with van der Waals surface area (Å²) in [5, 5.41) is 27.7. The summed E-state index contributed by atoms with van der Waals surface area (Å²) in [6, 6.07) is 0. The van der Waals surface area contributed by atoms with Crippen molar-refractivity contribution in [3.63, 3.8) is 0 Å². The Morgan fingerprint density at radius 2 is 1.72 bits per heavy atom. The van der Waals surface area contributed by atoms with Crippen molar-refractivity contribution in [2.75, 3.05) is 0 Å². The average Bonchev–Trinajstić information content (AvgIpc) is 2.20. The van der Waals surface area contributed by atoms with Crippen molar-refractivity contribution in [3.8, 4) is 5.75 Å². The van der Waals surface area contributed by atoms with Crippen molar-refractivity contribution in [1.82, 2.24) is 4.98 Å². The van der Waals surface area contributed by atoms with E-state index in [2.05, 4.69) is 4.98 Å². The van der Waals surface area contributed by atoms with Gasteiger partial charge < -0.3 is 19.9 Å². The molecule has 1 heterocycles. The van der Waals surface area contributed by atoms with Crippen LogP contribution in [-0.4, -0.2) is 33.3 Å². The third-order valence-corrected chi connectivity index (χ3v) is 2.90. The van der Waals surface area contributed by atoms with E-state index in [-0.39, 0.29) is 47.1 Å².